The molecule has 0 saturated carbocycles. The summed E-state index contributed by atoms with van der Waals surface area (Å²) < 4.78 is 10.8. The van der Waals surface area contributed by atoms with Crippen LogP contribution in [0.2, 0.25) is 0 Å². The first-order valence-corrected chi connectivity index (χ1v) is 8.57. The molecule has 0 aliphatic rings. The van der Waals surface area contributed by atoms with Crippen LogP contribution in [0.25, 0.3) is 11.0 Å². The maximum atomic E-state index is 13.1. The molecule has 0 bridgehead atoms. The van der Waals surface area contributed by atoms with E-state index in [2.05, 4.69) is 0 Å². The van der Waals surface area contributed by atoms with Crippen molar-refractivity contribution in [2.45, 2.75) is 5.92 Å². The predicted octanol–water partition coefficient (Wildman–Crippen LogP) is 4.53. The molecule has 0 aliphatic carbocycles. The van der Waals surface area contributed by atoms with Crippen molar-refractivity contribution >= 4 is 16.9 Å². The molecule has 0 saturated heterocycles. The Kier molecular flexibility index (Phi) is 4.54. The van der Waals surface area contributed by atoms with Crippen LogP contribution in [-0.4, -0.2) is 5.97 Å². The molecule has 0 spiro atoms. The molecule has 0 radical (unpaired) electrons. The minimum absolute atomic E-state index is 0.198. The fourth-order valence-corrected chi connectivity index (χ4v) is 3.09. The lowest BCUT2D eigenvalue weighted by Crippen LogP contribution is -2.20. The maximum absolute atomic E-state index is 13.1. The third-order valence-corrected chi connectivity index (χ3v) is 4.32. The van der Waals surface area contributed by atoms with Crippen molar-refractivity contribution in [3.8, 4) is 5.75 Å². The van der Waals surface area contributed by atoms with Gasteiger partial charge in [0.25, 0.3) is 0 Å². The molecule has 4 aromatic rings. The summed E-state index contributed by atoms with van der Waals surface area (Å²) in [6, 6.07) is 27.0. The second kappa shape index (κ2) is 7.30. The summed E-state index contributed by atoms with van der Waals surface area (Å²) in [5.41, 5.74) is 1.46. The normalized spacial score (nSPS) is 10.9. The lowest BCUT2D eigenvalue weighted by molar-refractivity contribution is -0.135. The molecular formula is C23H16O4. The first-order valence-electron chi connectivity index (χ1n) is 8.57. The van der Waals surface area contributed by atoms with Gasteiger partial charge in [-0.05, 0) is 23.3 Å². The molecule has 3 aromatic carbocycles. The van der Waals surface area contributed by atoms with Crippen LogP contribution >= 0.6 is 0 Å². The fraction of sp³-hybridized carbons (Fsp3) is 0.0435. The average molecular weight is 356 g/mol. The van der Waals surface area contributed by atoms with Crippen LogP contribution in [0.3, 0.4) is 0 Å². The van der Waals surface area contributed by atoms with Crippen LogP contribution in [0.15, 0.2) is 100 Å². The van der Waals surface area contributed by atoms with E-state index in [1.807, 2.05) is 60.7 Å². The van der Waals surface area contributed by atoms with Crippen LogP contribution in [0.4, 0.5) is 0 Å². The first kappa shape index (κ1) is 16.8. The molecule has 27 heavy (non-hydrogen) atoms. The Balaban J connectivity index is 1.77. The number of benzene rings is 3. The minimum Gasteiger partial charge on any atom is -0.425 e. The molecule has 0 N–H and O–H groups in total. The molecule has 0 aliphatic heterocycles. The lowest BCUT2D eigenvalue weighted by Gasteiger charge is -2.17. The van der Waals surface area contributed by atoms with Gasteiger partial charge in [-0.2, -0.15) is 0 Å². The van der Waals surface area contributed by atoms with Gasteiger partial charge < -0.3 is 9.15 Å². The third-order valence-electron chi connectivity index (χ3n) is 4.32. The molecule has 4 heteroatoms. The fourth-order valence-electron chi connectivity index (χ4n) is 3.09. The topological polar surface area (TPSA) is 56.5 Å². The molecule has 4 nitrogen and oxygen atoms in total. The quantitative estimate of drug-likeness (QED) is 0.398. The number of fused-ring (bicyclic) bond motifs is 1. The zero-order valence-corrected chi connectivity index (χ0v) is 14.4. The van der Waals surface area contributed by atoms with Crippen molar-refractivity contribution in [2.24, 2.45) is 0 Å². The molecule has 0 atom stereocenters. The highest BCUT2D eigenvalue weighted by Gasteiger charge is 2.25. The van der Waals surface area contributed by atoms with Crippen molar-refractivity contribution in [1.82, 2.24) is 0 Å². The zero-order chi connectivity index (χ0) is 18.6. The predicted molar refractivity (Wildman–Crippen MR) is 103 cm³/mol. The van der Waals surface area contributed by atoms with Crippen molar-refractivity contribution in [2.75, 3.05) is 0 Å². The first-order chi connectivity index (χ1) is 13.2. The van der Waals surface area contributed by atoms with Gasteiger partial charge in [0.15, 0.2) is 0 Å². The number of hydrogen-bond donors (Lipinski definition) is 0. The van der Waals surface area contributed by atoms with E-state index in [9.17, 15) is 9.59 Å². The summed E-state index contributed by atoms with van der Waals surface area (Å²) in [7, 11) is 0. The van der Waals surface area contributed by atoms with E-state index in [4.69, 9.17) is 9.15 Å². The highest BCUT2D eigenvalue weighted by molar-refractivity contribution is 5.89. The Morgan fingerprint density at radius 1 is 0.778 bits per heavy atom. The van der Waals surface area contributed by atoms with E-state index in [0.717, 1.165) is 11.1 Å². The van der Waals surface area contributed by atoms with Gasteiger partial charge in [0.2, 0.25) is 0 Å². The summed E-state index contributed by atoms with van der Waals surface area (Å²) in [5.74, 6) is -0.856. The minimum atomic E-state index is -0.599. The van der Waals surface area contributed by atoms with E-state index in [1.165, 1.54) is 6.07 Å². The van der Waals surface area contributed by atoms with Gasteiger partial charge in [0.05, 0.1) is 11.5 Å². The van der Waals surface area contributed by atoms with Gasteiger partial charge in [-0.25, -0.2) is 4.79 Å². The molecule has 0 fully saturated rings. The van der Waals surface area contributed by atoms with Crippen LogP contribution in [0.5, 0.6) is 5.75 Å². The number of carbonyl (C=O) groups excluding carboxylic acids is 1. The number of carbonyl (C=O) groups is 1. The van der Waals surface area contributed by atoms with Gasteiger partial charge in [-0.1, -0.05) is 72.8 Å². The number of rotatable bonds is 4. The van der Waals surface area contributed by atoms with E-state index >= 15 is 0 Å². The van der Waals surface area contributed by atoms with Crippen LogP contribution in [0.1, 0.15) is 17.0 Å². The van der Waals surface area contributed by atoms with E-state index < -0.39 is 17.5 Å². The molecule has 4 rings (SSSR count). The SMILES string of the molecule is O=C(Oc1cc(=O)oc2ccccc12)C(c1ccccc1)c1ccccc1. The maximum Gasteiger partial charge on any atom is 0.339 e. The van der Waals surface area contributed by atoms with Crippen molar-refractivity contribution in [3.63, 3.8) is 0 Å². The Bertz CT molecular complexity index is 1090. The van der Waals surface area contributed by atoms with Crippen LogP contribution < -0.4 is 10.4 Å². The van der Waals surface area contributed by atoms with Crippen LogP contribution in [0, 0.1) is 0 Å². The molecule has 132 valence electrons. The van der Waals surface area contributed by atoms with Gasteiger partial charge in [0, 0.05) is 0 Å². The number of hydrogen-bond acceptors (Lipinski definition) is 4. The third kappa shape index (κ3) is 3.51. The number of esters is 1. The standard InChI is InChI=1S/C23H16O4/c24-21-15-20(18-13-7-8-14-19(18)26-21)27-23(25)22(16-9-3-1-4-10-16)17-11-5-2-6-12-17/h1-15,22H. The summed E-state index contributed by atoms with van der Waals surface area (Å²) >= 11 is 0. The zero-order valence-electron chi connectivity index (χ0n) is 14.4. The van der Waals surface area contributed by atoms with Crippen molar-refractivity contribution < 1.29 is 13.9 Å². The van der Waals surface area contributed by atoms with Crippen LogP contribution in [-0.2, 0) is 4.79 Å². The summed E-state index contributed by atoms with van der Waals surface area (Å²) in [4.78, 5) is 25.0. The molecule has 1 heterocycles. The number of para-hydroxylation sites is 1. The summed E-state index contributed by atoms with van der Waals surface area (Å²) in [5, 5.41) is 0.574. The summed E-state index contributed by atoms with van der Waals surface area (Å²) in [6.07, 6.45) is 0. The average Bonchev–Trinajstić information content (AvgIpc) is 2.70. The van der Waals surface area contributed by atoms with Gasteiger partial charge in [-0.3, -0.25) is 4.79 Å². The van der Waals surface area contributed by atoms with Gasteiger partial charge >= 0.3 is 11.6 Å². The van der Waals surface area contributed by atoms with Gasteiger partial charge in [-0.15, -0.1) is 0 Å². The Hall–Kier alpha value is -3.66. The van der Waals surface area contributed by atoms with Crippen molar-refractivity contribution in [3.05, 3.63) is 113 Å². The van der Waals surface area contributed by atoms with Crippen molar-refractivity contribution in [1.29, 1.82) is 0 Å². The Morgan fingerprint density at radius 2 is 1.33 bits per heavy atom. The van der Waals surface area contributed by atoms with E-state index in [-0.39, 0.29) is 5.75 Å². The summed E-state index contributed by atoms with van der Waals surface area (Å²) in [6.45, 7) is 0. The molecule has 0 amide bonds. The second-order valence-corrected chi connectivity index (χ2v) is 6.10. The molecule has 0 unspecified atom stereocenters. The largest absolute Gasteiger partial charge is 0.425 e. The van der Waals surface area contributed by atoms with E-state index in [1.54, 1.807) is 24.3 Å². The molecular weight excluding hydrogens is 340 g/mol. The lowest BCUT2D eigenvalue weighted by atomic mass is 9.91. The highest BCUT2D eigenvalue weighted by atomic mass is 16.5. The molecule has 1 aromatic heterocycles. The number of ether oxygens (including phenoxy) is 1. The van der Waals surface area contributed by atoms with Gasteiger partial charge in [0.1, 0.15) is 17.3 Å². The monoisotopic (exact) mass is 356 g/mol. The second-order valence-electron chi connectivity index (χ2n) is 6.10. The smallest absolute Gasteiger partial charge is 0.339 e. The highest BCUT2D eigenvalue weighted by Crippen LogP contribution is 2.29. The Morgan fingerprint density at radius 3 is 1.96 bits per heavy atom. The van der Waals surface area contributed by atoms with E-state index in [0.29, 0.717) is 11.0 Å². The Labute approximate surface area is 155 Å².